The van der Waals surface area contributed by atoms with E-state index in [1.165, 1.54) is 11.1 Å². The van der Waals surface area contributed by atoms with Crippen molar-refractivity contribution in [2.45, 2.75) is 39.5 Å². The number of pyridine rings is 1. The molecular weight excluding hydrogens is 332 g/mol. The Kier molecular flexibility index (Phi) is 4.81. The van der Waals surface area contributed by atoms with E-state index < -0.39 is 0 Å². The fourth-order valence-corrected chi connectivity index (χ4v) is 3.19. The SMILES string of the molecule is Cc1noc(C)c1COC[C@@H]1OCCc2cn(Cc3ccncc3)nc21. The minimum absolute atomic E-state index is 0.141. The van der Waals surface area contributed by atoms with Crippen LogP contribution in [-0.2, 0) is 29.0 Å². The van der Waals surface area contributed by atoms with Crippen LogP contribution in [0.3, 0.4) is 0 Å². The zero-order valence-corrected chi connectivity index (χ0v) is 15.0. The summed E-state index contributed by atoms with van der Waals surface area (Å²) < 4.78 is 18.9. The Morgan fingerprint density at radius 1 is 1.27 bits per heavy atom. The highest BCUT2D eigenvalue weighted by Gasteiger charge is 2.25. The predicted molar refractivity (Wildman–Crippen MR) is 93.6 cm³/mol. The largest absolute Gasteiger partial charge is 0.373 e. The van der Waals surface area contributed by atoms with E-state index >= 15 is 0 Å². The van der Waals surface area contributed by atoms with Crippen LogP contribution in [-0.4, -0.2) is 33.1 Å². The molecule has 1 aliphatic heterocycles. The molecule has 4 rings (SSSR count). The van der Waals surface area contributed by atoms with E-state index in [9.17, 15) is 0 Å². The number of rotatable bonds is 6. The standard InChI is InChI=1S/C19H22N4O3/c1-13-17(14(2)26-22-13)11-24-12-18-19-16(5-8-25-18)10-23(21-19)9-15-3-6-20-7-4-15/h3-4,6-7,10,18H,5,8-9,11-12H2,1-2H3/t18-/m0/s1. The van der Waals surface area contributed by atoms with E-state index in [-0.39, 0.29) is 6.10 Å². The molecule has 0 radical (unpaired) electrons. The molecule has 0 spiro atoms. The summed E-state index contributed by atoms with van der Waals surface area (Å²) in [6.07, 6.45) is 6.45. The number of aromatic nitrogens is 4. The molecule has 0 bridgehead atoms. The first-order valence-electron chi connectivity index (χ1n) is 8.77. The van der Waals surface area contributed by atoms with Gasteiger partial charge >= 0.3 is 0 Å². The van der Waals surface area contributed by atoms with Gasteiger partial charge in [0, 0.05) is 24.2 Å². The van der Waals surface area contributed by atoms with Gasteiger partial charge in [-0.1, -0.05) is 5.16 Å². The molecule has 3 aromatic heterocycles. The molecule has 0 aromatic carbocycles. The third kappa shape index (κ3) is 3.54. The molecule has 1 aliphatic rings. The third-order valence-corrected chi connectivity index (χ3v) is 4.66. The Balaban J connectivity index is 1.42. The first kappa shape index (κ1) is 16.9. The second kappa shape index (κ2) is 7.39. The number of hydrogen-bond acceptors (Lipinski definition) is 6. The van der Waals surface area contributed by atoms with Gasteiger partial charge < -0.3 is 14.0 Å². The van der Waals surface area contributed by atoms with Crippen LogP contribution in [0.1, 0.15) is 39.9 Å². The minimum Gasteiger partial charge on any atom is -0.373 e. The smallest absolute Gasteiger partial charge is 0.139 e. The van der Waals surface area contributed by atoms with E-state index in [0.29, 0.717) is 19.8 Å². The summed E-state index contributed by atoms with van der Waals surface area (Å²) in [6.45, 7) is 6.16. The zero-order valence-electron chi connectivity index (χ0n) is 15.0. The van der Waals surface area contributed by atoms with Crippen molar-refractivity contribution in [3.05, 3.63) is 64.6 Å². The lowest BCUT2D eigenvalue weighted by Gasteiger charge is -2.21. The maximum atomic E-state index is 5.90. The first-order valence-corrected chi connectivity index (χ1v) is 8.77. The van der Waals surface area contributed by atoms with Crippen LogP contribution >= 0.6 is 0 Å². The van der Waals surface area contributed by atoms with E-state index in [2.05, 4.69) is 16.3 Å². The van der Waals surface area contributed by atoms with Crippen LogP contribution in [0.2, 0.25) is 0 Å². The Morgan fingerprint density at radius 2 is 2.12 bits per heavy atom. The van der Waals surface area contributed by atoms with Crippen molar-refractivity contribution in [2.75, 3.05) is 13.2 Å². The summed E-state index contributed by atoms with van der Waals surface area (Å²) in [5, 5.41) is 8.69. The lowest BCUT2D eigenvalue weighted by Crippen LogP contribution is -2.20. The molecule has 4 heterocycles. The molecule has 1 atom stereocenters. The van der Waals surface area contributed by atoms with Gasteiger partial charge in [0.1, 0.15) is 11.9 Å². The molecule has 0 saturated heterocycles. The van der Waals surface area contributed by atoms with Gasteiger partial charge in [0.05, 0.1) is 37.8 Å². The van der Waals surface area contributed by atoms with Crippen molar-refractivity contribution in [3.63, 3.8) is 0 Å². The highest BCUT2D eigenvalue weighted by molar-refractivity contribution is 5.23. The molecule has 0 N–H and O–H groups in total. The molecule has 7 nitrogen and oxygen atoms in total. The highest BCUT2D eigenvalue weighted by Crippen LogP contribution is 2.27. The summed E-state index contributed by atoms with van der Waals surface area (Å²) in [5.41, 5.74) is 5.26. The maximum absolute atomic E-state index is 5.90. The van der Waals surface area contributed by atoms with E-state index in [0.717, 1.165) is 35.7 Å². The average Bonchev–Trinajstić information content (AvgIpc) is 3.20. The maximum Gasteiger partial charge on any atom is 0.139 e. The lowest BCUT2D eigenvalue weighted by molar-refractivity contribution is -0.0323. The van der Waals surface area contributed by atoms with Crippen LogP contribution in [0.15, 0.2) is 35.2 Å². The number of hydrogen-bond donors (Lipinski definition) is 0. The van der Waals surface area contributed by atoms with Crippen LogP contribution in [0, 0.1) is 13.8 Å². The van der Waals surface area contributed by atoms with Crippen molar-refractivity contribution in [1.29, 1.82) is 0 Å². The molecule has 7 heteroatoms. The van der Waals surface area contributed by atoms with Crippen LogP contribution in [0.25, 0.3) is 0 Å². The van der Waals surface area contributed by atoms with E-state index in [1.807, 2.05) is 30.7 Å². The van der Waals surface area contributed by atoms with Gasteiger partial charge in [-0.15, -0.1) is 0 Å². The summed E-state index contributed by atoms with van der Waals surface area (Å²) >= 11 is 0. The highest BCUT2D eigenvalue weighted by atomic mass is 16.5. The van der Waals surface area contributed by atoms with Gasteiger partial charge in [-0.2, -0.15) is 5.10 Å². The fraction of sp³-hybridized carbons (Fsp3) is 0.421. The van der Waals surface area contributed by atoms with Gasteiger partial charge in [0.25, 0.3) is 0 Å². The van der Waals surface area contributed by atoms with Gasteiger partial charge in [-0.05, 0) is 43.5 Å². The number of ether oxygens (including phenoxy) is 2. The van der Waals surface area contributed by atoms with Crippen molar-refractivity contribution in [2.24, 2.45) is 0 Å². The molecule has 0 saturated carbocycles. The molecule has 0 fully saturated rings. The van der Waals surface area contributed by atoms with E-state index in [1.54, 1.807) is 12.4 Å². The zero-order chi connectivity index (χ0) is 17.9. The molecule has 0 unspecified atom stereocenters. The first-order chi connectivity index (χ1) is 12.7. The average molecular weight is 354 g/mol. The summed E-state index contributed by atoms with van der Waals surface area (Å²) in [7, 11) is 0. The van der Waals surface area contributed by atoms with Crippen molar-refractivity contribution < 1.29 is 14.0 Å². The molecule has 0 aliphatic carbocycles. The lowest BCUT2D eigenvalue weighted by atomic mass is 10.1. The minimum atomic E-state index is -0.141. The summed E-state index contributed by atoms with van der Waals surface area (Å²) in [4.78, 5) is 4.05. The normalized spacial score (nSPS) is 16.6. The van der Waals surface area contributed by atoms with Crippen LogP contribution in [0.5, 0.6) is 0 Å². The van der Waals surface area contributed by atoms with Gasteiger partial charge in [0.2, 0.25) is 0 Å². The van der Waals surface area contributed by atoms with Crippen LogP contribution < -0.4 is 0 Å². The Hall–Kier alpha value is -2.51. The second-order valence-corrected chi connectivity index (χ2v) is 6.52. The van der Waals surface area contributed by atoms with Gasteiger partial charge in [-0.25, -0.2) is 0 Å². The number of fused-ring (bicyclic) bond motifs is 1. The van der Waals surface area contributed by atoms with Crippen molar-refractivity contribution in [1.82, 2.24) is 19.9 Å². The molecule has 3 aromatic rings. The van der Waals surface area contributed by atoms with Gasteiger partial charge in [0.15, 0.2) is 0 Å². The fourth-order valence-electron chi connectivity index (χ4n) is 3.19. The molecule has 26 heavy (non-hydrogen) atoms. The second-order valence-electron chi connectivity index (χ2n) is 6.52. The topological polar surface area (TPSA) is 75.2 Å². The predicted octanol–water partition coefficient (Wildman–Crippen LogP) is 2.76. The summed E-state index contributed by atoms with van der Waals surface area (Å²) in [5.74, 6) is 0.800. The van der Waals surface area contributed by atoms with Crippen molar-refractivity contribution >= 4 is 0 Å². The van der Waals surface area contributed by atoms with Gasteiger partial charge in [-0.3, -0.25) is 9.67 Å². The monoisotopic (exact) mass is 354 g/mol. The van der Waals surface area contributed by atoms with Crippen molar-refractivity contribution in [3.8, 4) is 0 Å². The summed E-state index contributed by atoms with van der Waals surface area (Å²) in [6, 6.07) is 4.00. The molecule has 0 amide bonds. The molecule has 136 valence electrons. The molecular formula is C19H22N4O3. The van der Waals surface area contributed by atoms with E-state index in [4.69, 9.17) is 19.1 Å². The third-order valence-electron chi connectivity index (χ3n) is 4.66. The Bertz CT molecular complexity index is 853. The Labute approximate surface area is 151 Å². The number of aryl methyl sites for hydroxylation is 2. The Morgan fingerprint density at radius 3 is 2.88 bits per heavy atom. The van der Waals surface area contributed by atoms with Crippen LogP contribution in [0.4, 0.5) is 0 Å². The number of nitrogens with zero attached hydrogens (tertiary/aromatic N) is 4. The quantitative estimate of drug-likeness (QED) is 0.677.